The molecule has 0 N–H and O–H groups in total. The van der Waals surface area contributed by atoms with E-state index in [1.807, 2.05) is 0 Å². The minimum absolute atomic E-state index is 0.113. The van der Waals surface area contributed by atoms with Crippen molar-refractivity contribution in [1.29, 1.82) is 0 Å². The highest BCUT2D eigenvalue weighted by Gasteiger charge is 2.34. The maximum Gasteiger partial charge on any atom is 0.318 e. The number of hydrogen-bond donors (Lipinski definition) is 0. The van der Waals surface area contributed by atoms with Crippen molar-refractivity contribution >= 4 is 17.7 Å². The molecular weight excluding hydrogens is 234 g/mol. The zero-order valence-electron chi connectivity index (χ0n) is 11.5. The predicted molar refractivity (Wildman–Crippen MR) is 65.8 cm³/mol. The smallest absolute Gasteiger partial charge is 0.318 e. The molecule has 1 rings (SSSR count). The van der Waals surface area contributed by atoms with Crippen LogP contribution in [0.15, 0.2) is 0 Å². The Kier molecular flexibility index (Phi) is 4.48. The number of rotatable bonds is 1. The lowest BCUT2D eigenvalue weighted by molar-refractivity contribution is -0.162. The maximum atomic E-state index is 12.0. The van der Waals surface area contributed by atoms with Crippen LogP contribution in [0, 0.1) is 5.92 Å². The Morgan fingerprint density at radius 2 is 1.94 bits per heavy atom. The average molecular weight is 255 g/mol. The van der Waals surface area contributed by atoms with Crippen molar-refractivity contribution in [2.45, 2.75) is 46.1 Å². The van der Waals surface area contributed by atoms with E-state index in [1.165, 1.54) is 6.92 Å². The lowest BCUT2D eigenvalue weighted by Gasteiger charge is -2.25. The Morgan fingerprint density at radius 3 is 2.44 bits per heavy atom. The molecule has 102 valence electrons. The van der Waals surface area contributed by atoms with Gasteiger partial charge in [0.1, 0.15) is 17.3 Å². The molecule has 0 aromatic carbocycles. The molecule has 5 nitrogen and oxygen atoms in total. The van der Waals surface area contributed by atoms with Gasteiger partial charge in [-0.25, -0.2) is 0 Å². The topological polar surface area (TPSA) is 63.7 Å². The van der Waals surface area contributed by atoms with Gasteiger partial charge in [0.2, 0.25) is 5.91 Å². The summed E-state index contributed by atoms with van der Waals surface area (Å²) < 4.78 is 5.23. The molecule has 0 bridgehead atoms. The summed E-state index contributed by atoms with van der Waals surface area (Å²) in [4.78, 5) is 36.8. The van der Waals surface area contributed by atoms with Gasteiger partial charge in [0.15, 0.2) is 0 Å². The molecule has 0 spiro atoms. The molecule has 1 saturated heterocycles. The Labute approximate surface area is 107 Å². The van der Waals surface area contributed by atoms with Crippen molar-refractivity contribution in [3.63, 3.8) is 0 Å². The highest BCUT2D eigenvalue weighted by molar-refractivity contribution is 6.00. The number of carbonyl (C=O) groups is 3. The molecular formula is C13H21NO4. The molecule has 1 aliphatic rings. The predicted octanol–water partition coefficient (Wildman–Crippen LogP) is 1.16. The molecule has 1 heterocycles. The second-order valence-electron chi connectivity index (χ2n) is 5.62. The molecule has 0 aromatic heterocycles. The number of likely N-dealkylation sites (tertiary alicyclic amines) is 1. The van der Waals surface area contributed by atoms with Crippen LogP contribution < -0.4 is 0 Å². The van der Waals surface area contributed by atoms with Crippen molar-refractivity contribution in [1.82, 2.24) is 4.90 Å². The minimum Gasteiger partial charge on any atom is -0.459 e. The summed E-state index contributed by atoms with van der Waals surface area (Å²) in [6, 6.07) is 0. The summed E-state index contributed by atoms with van der Waals surface area (Å²) in [7, 11) is 0. The maximum absolute atomic E-state index is 12.0. The summed E-state index contributed by atoms with van der Waals surface area (Å²) >= 11 is 0. The largest absolute Gasteiger partial charge is 0.459 e. The van der Waals surface area contributed by atoms with Crippen LogP contribution in [-0.2, 0) is 19.1 Å². The van der Waals surface area contributed by atoms with Crippen LogP contribution in [0.4, 0.5) is 0 Å². The van der Waals surface area contributed by atoms with Crippen LogP contribution in [0.1, 0.15) is 40.5 Å². The third-order valence-electron chi connectivity index (χ3n) is 2.78. The highest BCUT2D eigenvalue weighted by Crippen LogP contribution is 2.18. The first kappa shape index (κ1) is 14.7. The average Bonchev–Trinajstić information content (AvgIpc) is 2.37. The summed E-state index contributed by atoms with van der Waals surface area (Å²) in [5.74, 6) is -1.61. The van der Waals surface area contributed by atoms with Gasteiger partial charge in [0.25, 0.3) is 0 Å². The first-order valence-corrected chi connectivity index (χ1v) is 6.22. The van der Waals surface area contributed by atoms with Crippen molar-refractivity contribution < 1.29 is 19.1 Å². The number of hydrogen-bond acceptors (Lipinski definition) is 4. The van der Waals surface area contributed by atoms with E-state index >= 15 is 0 Å². The lowest BCUT2D eigenvalue weighted by atomic mass is 10.0. The molecule has 0 saturated carbocycles. The van der Waals surface area contributed by atoms with Crippen LogP contribution in [0.3, 0.4) is 0 Å². The van der Waals surface area contributed by atoms with E-state index in [-0.39, 0.29) is 18.2 Å². The zero-order chi connectivity index (χ0) is 13.9. The van der Waals surface area contributed by atoms with E-state index in [0.717, 1.165) is 0 Å². The monoisotopic (exact) mass is 255 g/mol. The molecule has 1 fully saturated rings. The van der Waals surface area contributed by atoms with Crippen molar-refractivity contribution in [3.05, 3.63) is 0 Å². The third kappa shape index (κ3) is 4.13. The van der Waals surface area contributed by atoms with E-state index in [1.54, 1.807) is 25.7 Å². The molecule has 1 atom stereocenters. The number of nitrogens with zero attached hydrogens (tertiary/aromatic N) is 1. The van der Waals surface area contributed by atoms with Crippen molar-refractivity contribution in [2.24, 2.45) is 5.92 Å². The first-order chi connectivity index (χ1) is 8.20. The minimum atomic E-state index is -0.837. The third-order valence-corrected chi connectivity index (χ3v) is 2.78. The van der Waals surface area contributed by atoms with E-state index in [4.69, 9.17) is 4.74 Å². The Bertz CT molecular complexity index is 356. The van der Waals surface area contributed by atoms with Gasteiger partial charge in [-0.3, -0.25) is 14.4 Å². The summed E-state index contributed by atoms with van der Waals surface area (Å²) in [5.41, 5.74) is -0.620. The van der Waals surface area contributed by atoms with Crippen LogP contribution in [0.25, 0.3) is 0 Å². The molecule has 1 amide bonds. The number of esters is 1. The number of amides is 1. The molecule has 5 heteroatoms. The molecule has 0 radical (unpaired) electrons. The fraction of sp³-hybridized carbons (Fsp3) is 0.769. The quantitative estimate of drug-likeness (QED) is 0.521. The number of ketones is 1. The summed E-state index contributed by atoms with van der Waals surface area (Å²) in [6.45, 7) is 7.39. The van der Waals surface area contributed by atoms with Gasteiger partial charge < -0.3 is 9.64 Å². The summed E-state index contributed by atoms with van der Waals surface area (Å²) in [6.07, 6.45) is 0.936. The Hall–Kier alpha value is -1.39. The SMILES string of the molecule is CC(=O)N1CCCC(=O)C(C(=O)OC(C)(C)C)C1. The van der Waals surface area contributed by atoms with Crippen LogP contribution in [0.5, 0.6) is 0 Å². The molecule has 0 aromatic rings. The normalized spacial score (nSPS) is 21.4. The Morgan fingerprint density at radius 1 is 1.33 bits per heavy atom. The molecule has 1 unspecified atom stereocenters. The first-order valence-electron chi connectivity index (χ1n) is 6.22. The van der Waals surface area contributed by atoms with E-state index in [9.17, 15) is 14.4 Å². The number of Topliss-reactive ketones (excluding diaryl/α,β-unsaturated/α-hetero) is 1. The molecule has 0 aliphatic carbocycles. The van der Waals surface area contributed by atoms with Crippen molar-refractivity contribution in [2.75, 3.05) is 13.1 Å². The van der Waals surface area contributed by atoms with Gasteiger partial charge in [-0.2, -0.15) is 0 Å². The van der Waals surface area contributed by atoms with Gasteiger partial charge in [0.05, 0.1) is 0 Å². The van der Waals surface area contributed by atoms with Gasteiger partial charge in [-0.05, 0) is 27.2 Å². The molecule has 18 heavy (non-hydrogen) atoms. The summed E-state index contributed by atoms with van der Waals surface area (Å²) in [5, 5.41) is 0. The zero-order valence-corrected chi connectivity index (χ0v) is 11.5. The number of carbonyl (C=O) groups excluding carboxylic acids is 3. The fourth-order valence-electron chi connectivity index (χ4n) is 1.90. The van der Waals surface area contributed by atoms with E-state index in [0.29, 0.717) is 19.4 Å². The van der Waals surface area contributed by atoms with Gasteiger partial charge in [-0.1, -0.05) is 0 Å². The van der Waals surface area contributed by atoms with Crippen molar-refractivity contribution in [3.8, 4) is 0 Å². The van der Waals surface area contributed by atoms with Crippen LogP contribution in [0.2, 0.25) is 0 Å². The van der Waals surface area contributed by atoms with Crippen LogP contribution >= 0.6 is 0 Å². The lowest BCUT2D eigenvalue weighted by Crippen LogP contribution is -2.40. The van der Waals surface area contributed by atoms with Gasteiger partial charge in [-0.15, -0.1) is 0 Å². The molecule has 1 aliphatic heterocycles. The Balaban J connectivity index is 2.79. The van der Waals surface area contributed by atoms with E-state index in [2.05, 4.69) is 0 Å². The highest BCUT2D eigenvalue weighted by atomic mass is 16.6. The second kappa shape index (κ2) is 5.50. The fourth-order valence-corrected chi connectivity index (χ4v) is 1.90. The van der Waals surface area contributed by atoms with E-state index < -0.39 is 17.5 Å². The van der Waals surface area contributed by atoms with Gasteiger partial charge in [0, 0.05) is 26.4 Å². The standard InChI is InChI=1S/C13H21NO4/c1-9(15)14-7-5-6-11(16)10(8-14)12(17)18-13(2,3)4/h10H,5-8H2,1-4H3. The second-order valence-corrected chi connectivity index (χ2v) is 5.62. The number of ether oxygens (including phenoxy) is 1. The van der Waals surface area contributed by atoms with Crippen LogP contribution in [-0.4, -0.2) is 41.3 Å². The van der Waals surface area contributed by atoms with Gasteiger partial charge >= 0.3 is 5.97 Å².